The van der Waals surface area contributed by atoms with Crippen LogP contribution in [-0.4, -0.2) is 29.4 Å². The highest BCUT2D eigenvalue weighted by Crippen LogP contribution is 2.28. The zero-order chi connectivity index (χ0) is 19.4. The van der Waals surface area contributed by atoms with Crippen LogP contribution in [0.15, 0.2) is 41.4 Å². The number of aromatic nitrogens is 1. The second-order valence-electron chi connectivity index (χ2n) is 6.46. The largest absolute Gasteiger partial charge is 0.494 e. The maximum absolute atomic E-state index is 14.6. The summed E-state index contributed by atoms with van der Waals surface area (Å²) in [6, 6.07) is 9.06. The maximum Gasteiger partial charge on any atom is 0.198 e. The molecule has 6 heteroatoms. The third kappa shape index (κ3) is 4.10. The summed E-state index contributed by atoms with van der Waals surface area (Å²) in [5, 5.41) is 10.7. The van der Waals surface area contributed by atoms with Crippen molar-refractivity contribution in [2.75, 3.05) is 18.0 Å². The van der Waals surface area contributed by atoms with Gasteiger partial charge in [0, 0.05) is 30.8 Å². The fraction of sp³-hybridized carbons (Fsp3) is 0.286. The van der Waals surface area contributed by atoms with Crippen LogP contribution in [0.3, 0.4) is 0 Å². The van der Waals surface area contributed by atoms with Gasteiger partial charge in [-0.15, -0.1) is 0 Å². The van der Waals surface area contributed by atoms with Crippen LogP contribution in [0.2, 0.25) is 0 Å². The van der Waals surface area contributed by atoms with Crippen LogP contribution in [0.4, 0.5) is 20.2 Å². The molecule has 3 rings (SSSR count). The number of hydrogen-bond acceptors (Lipinski definition) is 3. The summed E-state index contributed by atoms with van der Waals surface area (Å²) in [7, 11) is 0. The minimum absolute atomic E-state index is 0.103. The van der Waals surface area contributed by atoms with E-state index in [1.54, 1.807) is 18.2 Å². The minimum Gasteiger partial charge on any atom is -0.494 e. The number of benzene rings is 2. The number of aromatic amines is 1. The molecule has 0 amide bonds. The number of nitrogens with one attached hydrogen (secondary N) is 1. The zero-order valence-electron chi connectivity index (χ0n) is 15.5. The molecule has 0 radical (unpaired) electrons. The van der Waals surface area contributed by atoms with Crippen molar-refractivity contribution in [1.82, 2.24) is 4.98 Å². The standard InChI is InChI=1S/C21H23F2N3O/c1-3-9-26(10-4-2)20-8-6-15(12-18(20)23)24-13-17-16-7-5-14(22)11-19(16)25-21(17)27/h5-8,11-13,25,27H,3-4,9-10H2,1-2H3. The Balaban J connectivity index is 1.88. The molecule has 0 saturated heterocycles. The van der Waals surface area contributed by atoms with Gasteiger partial charge < -0.3 is 15.0 Å². The van der Waals surface area contributed by atoms with Crippen molar-refractivity contribution >= 4 is 28.5 Å². The Hall–Kier alpha value is -2.89. The fourth-order valence-corrected chi connectivity index (χ4v) is 3.17. The normalized spacial score (nSPS) is 11.6. The number of hydrogen-bond donors (Lipinski definition) is 2. The summed E-state index contributed by atoms with van der Waals surface area (Å²) in [6.07, 6.45) is 3.34. The summed E-state index contributed by atoms with van der Waals surface area (Å²) in [4.78, 5) is 9.02. The highest BCUT2D eigenvalue weighted by Gasteiger charge is 2.12. The van der Waals surface area contributed by atoms with E-state index >= 15 is 0 Å². The Bertz CT molecular complexity index is 959. The topological polar surface area (TPSA) is 51.6 Å². The zero-order valence-corrected chi connectivity index (χ0v) is 15.5. The molecule has 0 bridgehead atoms. The molecular formula is C21H23F2N3O. The summed E-state index contributed by atoms with van der Waals surface area (Å²) in [5.41, 5.74) is 1.93. The van der Waals surface area contributed by atoms with Crippen molar-refractivity contribution < 1.29 is 13.9 Å². The number of aliphatic imine (C=N–C) groups is 1. The maximum atomic E-state index is 14.6. The van der Waals surface area contributed by atoms with Gasteiger partial charge in [-0.3, -0.25) is 4.99 Å². The van der Waals surface area contributed by atoms with Crippen LogP contribution < -0.4 is 4.90 Å². The van der Waals surface area contributed by atoms with Crippen molar-refractivity contribution in [2.24, 2.45) is 4.99 Å². The third-order valence-corrected chi connectivity index (χ3v) is 4.38. The van der Waals surface area contributed by atoms with Crippen molar-refractivity contribution in [3.63, 3.8) is 0 Å². The fourth-order valence-electron chi connectivity index (χ4n) is 3.17. The molecule has 1 heterocycles. The smallest absolute Gasteiger partial charge is 0.198 e. The molecule has 0 aliphatic rings. The van der Waals surface area contributed by atoms with E-state index in [1.165, 1.54) is 24.4 Å². The van der Waals surface area contributed by atoms with Crippen molar-refractivity contribution in [3.05, 3.63) is 53.6 Å². The first-order chi connectivity index (χ1) is 13.0. The third-order valence-electron chi connectivity index (χ3n) is 4.38. The molecule has 0 saturated carbocycles. The van der Waals surface area contributed by atoms with Crippen LogP contribution in [0.5, 0.6) is 5.88 Å². The van der Waals surface area contributed by atoms with Gasteiger partial charge in [0.1, 0.15) is 11.6 Å². The van der Waals surface area contributed by atoms with E-state index in [-0.39, 0.29) is 11.7 Å². The number of anilines is 1. The van der Waals surface area contributed by atoms with Crippen LogP contribution in [0, 0.1) is 11.6 Å². The Morgan fingerprint density at radius 1 is 1.07 bits per heavy atom. The molecule has 0 unspecified atom stereocenters. The highest BCUT2D eigenvalue weighted by molar-refractivity contribution is 6.02. The Morgan fingerprint density at radius 3 is 2.48 bits per heavy atom. The van der Waals surface area contributed by atoms with E-state index in [1.807, 2.05) is 4.90 Å². The molecule has 3 aromatic rings. The average molecular weight is 371 g/mol. The molecule has 0 aliphatic heterocycles. The molecule has 1 aromatic heterocycles. The second-order valence-corrected chi connectivity index (χ2v) is 6.46. The number of rotatable bonds is 7. The number of nitrogens with zero attached hydrogens (tertiary/aromatic N) is 2. The van der Waals surface area contributed by atoms with E-state index in [0.717, 1.165) is 25.9 Å². The number of aromatic hydroxyl groups is 1. The first-order valence-electron chi connectivity index (χ1n) is 9.12. The first-order valence-corrected chi connectivity index (χ1v) is 9.12. The van der Waals surface area contributed by atoms with Gasteiger partial charge in [0.2, 0.25) is 0 Å². The highest BCUT2D eigenvalue weighted by atomic mass is 19.1. The molecule has 2 aromatic carbocycles. The molecule has 0 fully saturated rings. The molecule has 4 nitrogen and oxygen atoms in total. The summed E-state index contributed by atoms with van der Waals surface area (Å²) in [5.74, 6) is -0.820. The second kappa shape index (κ2) is 8.20. The molecule has 27 heavy (non-hydrogen) atoms. The lowest BCUT2D eigenvalue weighted by Crippen LogP contribution is -2.25. The van der Waals surface area contributed by atoms with Gasteiger partial charge in [-0.1, -0.05) is 13.8 Å². The van der Waals surface area contributed by atoms with Gasteiger partial charge in [-0.05, 0) is 43.2 Å². The SMILES string of the molecule is CCCN(CCC)c1ccc(N=Cc2c(O)[nH]c3cc(F)ccc23)cc1F. The van der Waals surface area contributed by atoms with E-state index < -0.39 is 5.82 Å². The lowest BCUT2D eigenvalue weighted by molar-refractivity contribution is 0.457. The Labute approximate surface area is 157 Å². The van der Waals surface area contributed by atoms with Crippen LogP contribution in [-0.2, 0) is 0 Å². The first kappa shape index (κ1) is 18.9. The van der Waals surface area contributed by atoms with E-state index in [0.29, 0.717) is 27.8 Å². The predicted molar refractivity (Wildman–Crippen MR) is 106 cm³/mol. The van der Waals surface area contributed by atoms with Crippen molar-refractivity contribution in [1.29, 1.82) is 0 Å². The van der Waals surface area contributed by atoms with Gasteiger partial charge in [-0.2, -0.15) is 0 Å². The molecular weight excluding hydrogens is 348 g/mol. The van der Waals surface area contributed by atoms with Gasteiger partial charge in [0.15, 0.2) is 5.88 Å². The van der Waals surface area contributed by atoms with Gasteiger partial charge in [-0.25, -0.2) is 8.78 Å². The number of H-pyrrole nitrogens is 1. The molecule has 142 valence electrons. The average Bonchev–Trinajstić information content (AvgIpc) is 2.94. The van der Waals surface area contributed by atoms with Gasteiger partial charge >= 0.3 is 0 Å². The predicted octanol–water partition coefficient (Wildman–Crippen LogP) is 5.53. The monoisotopic (exact) mass is 371 g/mol. The quantitative estimate of drug-likeness (QED) is 0.537. The van der Waals surface area contributed by atoms with Crippen LogP contribution >= 0.6 is 0 Å². The molecule has 2 N–H and O–H groups in total. The molecule has 0 aliphatic carbocycles. The van der Waals surface area contributed by atoms with Crippen LogP contribution in [0.1, 0.15) is 32.3 Å². The van der Waals surface area contributed by atoms with E-state index in [9.17, 15) is 13.9 Å². The van der Waals surface area contributed by atoms with Crippen molar-refractivity contribution in [3.8, 4) is 5.88 Å². The summed E-state index contributed by atoms with van der Waals surface area (Å²) in [6.45, 7) is 5.73. The number of halogens is 2. The van der Waals surface area contributed by atoms with E-state index in [2.05, 4.69) is 23.8 Å². The molecule has 0 atom stereocenters. The Kier molecular flexibility index (Phi) is 5.74. The lowest BCUT2D eigenvalue weighted by atomic mass is 10.2. The number of fused-ring (bicyclic) bond motifs is 1. The summed E-state index contributed by atoms with van der Waals surface area (Å²) >= 11 is 0. The van der Waals surface area contributed by atoms with Crippen LogP contribution in [0.25, 0.3) is 10.9 Å². The summed E-state index contributed by atoms with van der Waals surface area (Å²) < 4.78 is 27.9. The minimum atomic E-state index is -0.395. The van der Waals surface area contributed by atoms with E-state index in [4.69, 9.17) is 0 Å². The molecule has 0 spiro atoms. The lowest BCUT2D eigenvalue weighted by Gasteiger charge is -2.24. The Morgan fingerprint density at radius 2 is 1.81 bits per heavy atom. The van der Waals surface area contributed by atoms with Gasteiger partial charge in [0.25, 0.3) is 0 Å². The van der Waals surface area contributed by atoms with Crippen molar-refractivity contribution in [2.45, 2.75) is 26.7 Å². The van der Waals surface area contributed by atoms with Gasteiger partial charge in [0.05, 0.1) is 22.5 Å².